The fraction of sp³-hybridized carbons (Fsp3) is 0. The second-order valence-corrected chi connectivity index (χ2v) is 3.25. The predicted octanol–water partition coefficient (Wildman–Crippen LogP) is 2.69. The lowest BCUT2D eigenvalue weighted by Crippen LogP contribution is -1.87. The Hall–Kier alpha value is -1.16. The largest absolute Gasteiger partial charge is 0.478 e. The van der Waals surface area contributed by atoms with Crippen LogP contribution < -0.4 is 0 Å². The van der Waals surface area contributed by atoms with E-state index in [-0.39, 0.29) is 5.56 Å². The number of rotatable bonds is 2. The number of carboxylic acids is 1. The lowest BCUT2D eigenvalue weighted by atomic mass is 10.2. The number of halogens is 2. The van der Waals surface area contributed by atoms with Crippen LogP contribution in [0.5, 0.6) is 0 Å². The van der Waals surface area contributed by atoms with Gasteiger partial charge in [-0.3, -0.25) is 0 Å². The maximum atomic E-state index is 13.0. The monoisotopic (exact) mass is 244 g/mol. The van der Waals surface area contributed by atoms with Gasteiger partial charge in [0, 0.05) is 16.1 Å². The van der Waals surface area contributed by atoms with E-state index >= 15 is 0 Å². The van der Waals surface area contributed by atoms with E-state index in [4.69, 9.17) is 5.11 Å². The first-order chi connectivity index (χ1) is 6.09. The molecular formula is C9H6BrFO2. The quantitative estimate of drug-likeness (QED) is 0.813. The maximum absolute atomic E-state index is 13.0. The van der Waals surface area contributed by atoms with Crippen molar-refractivity contribution in [1.82, 2.24) is 0 Å². The van der Waals surface area contributed by atoms with Crippen LogP contribution in [0.2, 0.25) is 0 Å². The van der Waals surface area contributed by atoms with Crippen molar-refractivity contribution in [1.29, 1.82) is 0 Å². The van der Waals surface area contributed by atoms with Gasteiger partial charge in [0.05, 0.1) is 0 Å². The minimum Gasteiger partial charge on any atom is -0.478 e. The van der Waals surface area contributed by atoms with Crippen LogP contribution in [0.25, 0.3) is 6.08 Å². The smallest absolute Gasteiger partial charge is 0.328 e. The molecule has 0 aliphatic carbocycles. The first-order valence-electron chi connectivity index (χ1n) is 3.45. The van der Waals surface area contributed by atoms with E-state index in [9.17, 15) is 9.18 Å². The molecule has 1 aromatic rings. The second-order valence-electron chi connectivity index (χ2n) is 2.34. The third-order valence-electron chi connectivity index (χ3n) is 1.37. The fourth-order valence-electron chi connectivity index (χ4n) is 0.798. The van der Waals surface area contributed by atoms with Crippen LogP contribution in [-0.2, 0) is 4.79 Å². The zero-order valence-electron chi connectivity index (χ0n) is 6.50. The molecule has 0 heterocycles. The summed E-state index contributed by atoms with van der Waals surface area (Å²) in [4.78, 5) is 10.1. The Balaban J connectivity index is 2.96. The Bertz CT molecular complexity index is 361. The predicted molar refractivity (Wildman–Crippen MR) is 50.8 cm³/mol. The van der Waals surface area contributed by atoms with Crippen molar-refractivity contribution in [2.75, 3.05) is 0 Å². The van der Waals surface area contributed by atoms with Gasteiger partial charge in [-0.15, -0.1) is 0 Å². The molecule has 0 aliphatic heterocycles. The van der Waals surface area contributed by atoms with Crippen LogP contribution in [-0.4, -0.2) is 11.1 Å². The number of carboxylic acid groups (broad SMARTS) is 1. The minimum absolute atomic E-state index is 0.255. The summed E-state index contributed by atoms with van der Waals surface area (Å²) in [5.41, 5.74) is 0.255. The first kappa shape index (κ1) is 9.92. The van der Waals surface area contributed by atoms with Gasteiger partial charge in [0.15, 0.2) is 0 Å². The van der Waals surface area contributed by atoms with E-state index in [1.165, 1.54) is 18.2 Å². The van der Waals surface area contributed by atoms with Gasteiger partial charge in [0.1, 0.15) is 5.82 Å². The maximum Gasteiger partial charge on any atom is 0.328 e. The molecule has 0 spiro atoms. The SMILES string of the molecule is O=C(O)/C=C/c1ccc(Br)cc1F. The van der Waals surface area contributed by atoms with E-state index < -0.39 is 11.8 Å². The molecule has 0 fully saturated rings. The molecule has 0 amide bonds. The molecule has 0 unspecified atom stereocenters. The van der Waals surface area contributed by atoms with Crippen LogP contribution in [0.3, 0.4) is 0 Å². The molecule has 0 radical (unpaired) electrons. The molecule has 1 aromatic carbocycles. The van der Waals surface area contributed by atoms with Crippen LogP contribution in [0.15, 0.2) is 28.7 Å². The van der Waals surface area contributed by atoms with Crippen LogP contribution in [0.4, 0.5) is 4.39 Å². The Morgan fingerprint density at radius 3 is 2.77 bits per heavy atom. The van der Waals surface area contributed by atoms with Crippen molar-refractivity contribution in [2.45, 2.75) is 0 Å². The summed E-state index contributed by atoms with van der Waals surface area (Å²) in [6.07, 6.45) is 2.11. The summed E-state index contributed by atoms with van der Waals surface area (Å²) in [5, 5.41) is 8.30. The third kappa shape index (κ3) is 2.99. The average molecular weight is 245 g/mol. The summed E-state index contributed by atoms with van der Waals surface area (Å²) < 4.78 is 13.6. The van der Waals surface area contributed by atoms with Crippen molar-refractivity contribution in [3.63, 3.8) is 0 Å². The van der Waals surface area contributed by atoms with Crippen molar-refractivity contribution in [2.24, 2.45) is 0 Å². The van der Waals surface area contributed by atoms with Crippen molar-refractivity contribution in [3.8, 4) is 0 Å². The van der Waals surface area contributed by atoms with Gasteiger partial charge in [-0.1, -0.05) is 22.0 Å². The lowest BCUT2D eigenvalue weighted by Gasteiger charge is -1.96. The highest BCUT2D eigenvalue weighted by molar-refractivity contribution is 9.10. The Morgan fingerprint density at radius 1 is 1.54 bits per heavy atom. The zero-order chi connectivity index (χ0) is 9.84. The molecule has 0 bridgehead atoms. The minimum atomic E-state index is -1.10. The number of benzene rings is 1. The Labute approximate surface area is 82.8 Å². The second kappa shape index (κ2) is 4.18. The van der Waals surface area contributed by atoms with Gasteiger partial charge in [-0.25, -0.2) is 9.18 Å². The average Bonchev–Trinajstić information content (AvgIpc) is 2.02. The van der Waals surface area contributed by atoms with Gasteiger partial charge in [0.25, 0.3) is 0 Å². The number of carbonyl (C=O) groups is 1. The molecule has 13 heavy (non-hydrogen) atoms. The molecule has 1 rings (SSSR count). The van der Waals surface area contributed by atoms with Crippen LogP contribution in [0.1, 0.15) is 5.56 Å². The fourth-order valence-corrected chi connectivity index (χ4v) is 1.13. The Morgan fingerprint density at radius 2 is 2.23 bits per heavy atom. The normalized spacial score (nSPS) is 10.6. The van der Waals surface area contributed by atoms with Gasteiger partial charge < -0.3 is 5.11 Å². The molecule has 0 aliphatic rings. The molecule has 1 N–H and O–H groups in total. The van der Waals surface area contributed by atoms with Crippen molar-refractivity contribution < 1.29 is 14.3 Å². The van der Waals surface area contributed by atoms with E-state index in [2.05, 4.69) is 15.9 Å². The summed E-state index contributed by atoms with van der Waals surface area (Å²) in [7, 11) is 0. The standard InChI is InChI=1S/C9H6BrFO2/c10-7-3-1-6(8(11)5-7)2-4-9(12)13/h1-5H,(H,12,13)/b4-2+. The third-order valence-corrected chi connectivity index (χ3v) is 1.86. The number of hydrogen-bond acceptors (Lipinski definition) is 1. The van der Waals surface area contributed by atoms with Crippen molar-refractivity contribution in [3.05, 3.63) is 40.1 Å². The van der Waals surface area contributed by atoms with Gasteiger partial charge in [-0.2, -0.15) is 0 Å². The highest BCUT2D eigenvalue weighted by Gasteiger charge is 1.98. The van der Waals surface area contributed by atoms with E-state index in [0.717, 1.165) is 6.08 Å². The van der Waals surface area contributed by atoms with E-state index in [0.29, 0.717) is 4.47 Å². The van der Waals surface area contributed by atoms with Gasteiger partial charge in [0.2, 0.25) is 0 Å². The van der Waals surface area contributed by atoms with Gasteiger partial charge >= 0.3 is 5.97 Å². The summed E-state index contributed by atoms with van der Waals surface area (Å²) in [6, 6.07) is 4.42. The Kier molecular flexibility index (Phi) is 3.19. The van der Waals surface area contributed by atoms with Crippen LogP contribution >= 0.6 is 15.9 Å². The molecule has 0 atom stereocenters. The molecule has 2 nitrogen and oxygen atoms in total. The zero-order valence-corrected chi connectivity index (χ0v) is 8.08. The molecular weight excluding hydrogens is 239 g/mol. The van der Waals surface area contributed by atoms with Crippen LogP contribution in [0, 0.1) is 5.82 Å². The van der Waals surface area contributed by atoms with E-state index in [1.54, 1.807) is 6.07 Å². The summed E-state index contributed by atoms with van der Waals surface area (Å²) >= 11 is 3.10. The molecule has 68 valence electrons. The number of hydrogen-bond donors (Lipinski definition) is 1. The topological polar surface area (TPSA) is 37.3 Å². The van der Waals surface area contributed by atoms with Crippen molar-refractivity contribution >= 4 is 28.0 Å². The first-order valence-corrected chi connectivity index (χ1v) is 4.25. The molecule has 0 saturated carbocycles. The number of aliphatic carboxylic acids is 1. The highest BCUT2D eigenvalue weighted by atomic mass is 79.9. The molecule has 0 aromatic heterocycles. The molecule has 0 saturated heterocycles. The lowest BCUT2D eigenvalue weighted by molar-refractivity contribution is -0.131. The van der Waals surface area contributed by atoms with E-state index in [1.807, 2.05) is 0 Å². The van der Waals surface area contributed by atoms with Gasteiger partial charge in [-0.05, 0) is 18.2 Å². The summed E-state index contributed by atoms with van der Waals surface area (Å²) in [5.74, 6) is -1.55. The highest BCUT2D eigenvalue weighted by Crippen LogP contribution is 2.16. The summed E-state index contributed by atoms with van der Waals surface area (Å²) in [6.45, 7) is 0. The molecule has 4 heteroatoms.